The molecule has 140 valence electrons. The minimum absolute atomic E-state index is 0. The lowest BCUT2D eigenvalue weighted by Crippen LogP contribution is -2.34. The molecule has 1 heterocycles. The van der Waals surface area contributed by atoms with Crippen molar-refractivity contribution in [1.29, 1.82) is 0 Å². The fourth-order valence-corrected chi connectivity index (χ4v) is 3.12. The standard InChI is InChI=1S/C18H27N3O3.ClH/c1-12(14-5-4-8-20-11-14)9-17(22)21-15-10-13(18(23)19-2)6-7-16(15)24-3;/h6-7,10,12,14,20H,4-5,8-9,11H2,1-3H3,(H,19,23)(H,21,22);1H. The molecule has 0 aromatic heterocycles. The number of hydrogen-bond donors (Lipinski definition) is 3. The molecule has 2 atom stereocenters. The van der Waals surface area contributed by atoms with Crippen LogP contribution < -0.4 is 20.7 Å². The average molecular weight is 370 g/mol. The van der Waals surface area contributed by atoms with Crippen molar-refractivity contribution in [2.75, 3.05) is 32.6 Å². The van der Waals surface area contributed by atoms with Crippen LogP contribution in [0, 0.1) is 11.8 Å². The van der Waals surface area contributed by atoms with Gasteiger partial charge < -0.3 is 20.7 Å². The van der Waals surface area contributed by atoms with Crippen LogP contribution in [0.15, 0.2) is 18.2 Å². The van der Waals surface area contributed by atoms with Crippen molar-refractivity contribution in [3.8, 4) is 5.75 Å². The number of ether oxygens (including phenoxy) is 1. The van der Waals surface area contributed by atoms with E-state index >= 15 is 0 Å². The lowest BCUT2D eigenvalue weighted by molar-refractivity contribution is -0.117. The highest BCUT2D eigenvalue weighted by molar-refractivity contribution is 5.98. The van der Waals surface area contributed by atoms with Gasteiger partial charge in [0.2, 0.25) is 5.91 Å². The van der Waals surface area contributed by atoms with E-state index in [9.17, 15) is 9.59 Å². The van der Waals surface area contributed by atoms with Gasteiger partial charge in [-0.15, -0.1) is 12.4 Å². The van der Waals surface area contributed by atoms with E-state index in [1.165, 1.54) is 6.42 Å². The molecule has 1 aromatic rings. The summed E-state index contributed by atoms with van der Waals surface area (Å²) in [7, 11) is 3.12. The second-order valence-corrected chi connectivity index (χ2v) is 6.33. The van der Waals surface area contributed by atoms with Gasteiger partial charge in [-0.3, -0.25) is 9.59 Å². The number of rotatable bonds is 6. The highest BCUT2D eigenvalue weighted by Crippen LogP contribution is 2.27. The van der Waals surface area contributed by atoms with Crippen molar-refractivity contribution < 1.29 is 14.3 Å². The first-order chi connectivity index (χ1) is 11.5. The van der Waals surface area contributed by atoms with E-state index in [1.54, 1.807) is 32.4 Å². The number of halogens is 1. The normalized spacial score (nSPS) is 17.8. The van der Waals surface area contributed by atoms with E-state index < -0.39 is 0 Å². The fourth-order valence-electron chi connectivity index (χ4n) is 3.12. The Morgan fingerprint density at radius 1 is 1.40 bits per heavy atom. The van der Waals surface area contributed by atoms with E-state index in [2.05, 4.69) is 22.9 Å². The number of hydrogen-bond acceptors (Lipinski definition) is 4. The predicted molar refractivity (Wildman–Crippen MR) is 102 cm³/mol. The van der Waals surface area contributed by atoms with Crippen molar-refractivity contribution in [3.63, 3.8) is 0 Å². The van der Waals surface area contributed by atoms with Crippen LogP contribution >= 0.6 is 12.4 Å². The molecule has 2 rings (SSSR count). The molecular weight excluding hydrogens is 342 g/mol. The van der Waals surface area contributed by atoms with Crippen molar-refractivity contribution >= 4 is 29.9 Å². The second-order valence-electron chi connectivity index (χ2n) is 6.33. The monoisotopic (exact) mass is 369 g/mol. The molecular formula is C18H28ClN3O3. The van der Waals surface area contributed by atoms with E-state index in [4.69, 9.17) is 4.74 Å². The molecule has 0 bridgehead atoms. The number of nitrogens with one attached hydrogen (secondary N) is 3. The van der Waals surface area contributed by atoms with Gasteiger partial charge in [0.25, 0.3) is 5.91 Å². The maximum atomic E-state index is 12.4. The van der Waals surface area contributed by atoms with Crippen LogP contribution in [0.1, 0.15) is 36.5 Å². The van der Waals surface area contributed by atoms with Crippen LogP contribution in [-0.2, 0) is 4.79 Å². The van der Waals surface area contributed by atoms with Gasteiger partial charge in [-0.05, 0) is 56.0 Å². The van der Waals surface area contributed by atoms with Crippen molar-refractivity contribution in [1.82, 2.24) is 10.6 Å². The summed E-state index contributed by atoms with van der Waals surface area (Å²) < 4.78 is 5.28. The van der Waals surface area contributed by atoms with Gasteiger partial charge in [-0.1, -0.05) is 6.92 Å². The zero-order valence-electron chi connectivity index (χ0n) is 15.1. The van der Waals surface area contributed by atoms with Gasteiger partial charge >= 0.3 is 0 Å². The minimum atomic E-state index is -0.199. The second kappa shape index (κ2) is 10.3. The Hall–Kier alpha value is -1.79. The van der Waals surface area contributed by atoms with E-state index in [0.717, 1.165) is 19.5 Å². The van der Waals surface area contributed by atoms with Crippen LogP contribution in [0.4, 0.5) is 5.69 Å². The lowest BCUT2D eigenvalue weighted by Gasteiger charge is -2.28. The number of benzene rings is 1. The van der Waals surface area contributed by atoms with E-state index in [0.29, 0.717) is 35.3 Å². The van der Waals surface area contributed by atoms with Gasteiger partial charge in [0, 0.05) is 19.0 Å². The fraction of sp³-hybridized carbons (Fsp3) is 0.556. The molecule has 1 aliphatic rings. The maximum Gasteiger partial charge on any atom is 0.251 e. The Kier molecular flexibility index (Phi) is 8.72. The summed E-state index contributed by atoms with van der Waals surface area (Å²) in [5.41, 5.74) is 1.01. The number of piperidine rings is 1. The van der Waals surface area contributed by atoms with Gasteiger partial charge in [-0.25, -0.2) is 0 Å². The molecule has 0 aliphatic carbocycles. The number of amides is 2. The molecule has 1 aromatic carbocycles. The lowest BCUT2D eigenvalue weighted by atomic mass is 9.85. The highest BCUT2D eigenvalue weighted by Gasteiger charge is 2.22. The Balaban J connectivity index is 0.00000312. The topological polar surface area (TPSA) is 79.5 Å². The number of carbonyl (C=O) groups is 2. The molecule has 3 N–H and O–H groups in total. The quantitative estimate of drug-likeness (QED) is 0.719. The number of methoxy groups -OCH3 is 1. The van der Waals surface area contributed by atoms with Crippen molar-refractivity contribution in [2.45, 2.75) is 26.2 Å². The zero-order chi connectivity index (χ0) is 17.5. The van der Waals surface area contributed by atoms with Crippen LogP contribution in [0.5, 0.6) is 5.75 Å². The summed E-state index contributed by atoms with van der Waals surface area (Å²) in [6.07, 6.45) is 2.79. The Morgan fingerprint density at radius 2 is 2.16 bits per heavy atom. The molecule has 0 saturated carbocycles. The summed E-state index contributed by atoms with van der Waals surface area (Å²) in [5.74, 6) is 1.13. The van der Waals surface area contributed by atoms with Crippen molar-refractivity contribution in [2.24, 2.45) is 11.8 Å². The van der Waals surface area contributed by atoms with Crippen molar-refractivity contribution in [3.05, 3.63) is 23.8 Å². The van der Waals surface area contributed by atoms with Crippen LogP contribution in [0.3, 0.4) is 0 Å². The van der Waals surface area contributed by atoms with E-state index in [-0.39, 0.29) is 24.2 Å². The van der Waals surface area contributed by atoms with Gasteiger partial charge in [0.15, 0.2) is 0 Å². The van der Waals surface area contributed by atoms with Crippen LogP contribution in [0.2, 0.25) is 0 Å². The maximum absolute atomic E-state index is 12.4. The average Bonchev–Trinajstić information content (AvgIpc) is 2.61. The summed E-state index contributed by atoms with van der Waals surface area (Å²) in [5, 5.41) is 8.85. The van der Waals surface area contributed by atoms with Gasteiger partial charge in [0.1, 0.15) is 5.75 Å². The first kappa shape index (κ1) is 21.3. The van der Waals surface area contributed by atoms with Crippen LogP contribution in [-0.4, -0.2) is 39.1 Å². The SMILES string of the molecule is CNC(=O)c1ccc(OC)c(NC(=O)CC(C)C2CCCNC2)c1.Cl. The molecule has 1 aliphatic heterocycles. The number of anilines is 1. The Morgan fingerprint density at radius 3 is 2.76 bits per heavy atom. The Bertz CT molecular complexity index is 589. The molecule has 1 saturated heterocycles. The first-order valence-corrected chi connectivity index (χ1v) is 8.45. The highest BCUT2D eigenvalue weighted by atomic mass is 35.5. The summed E-state index contributed by atoms with van der Waals surface area (Å²) in [6, 6.07) is 5.00. The number of carbonyl (C=O) groups excluding carboxylic acids is 2. The van der Waals surface area contributed by atoms with Gasteiger partial charge in [0.05, 0.1) is 12.8 Å². The summed E-state index contributed by atoms with van der Waals surface area (Å²) in [4.78, 5) is 24.2. The van der Waals surface area contributed by atoms with Gasteiger partial charge in [-0.2, -0.15) is 0 Å². The van der Waals surface area contributed by atoms with Crippen LogP contribution in [0.25, 0.3) is 0 Å². The molecule has 2 unspecified atom stereocenters. The summed E-state index contributed by atoms with van der Waals surface area (Å²) >= 11 is 0. The first-order valence-electron chi connectivity index (χ1n) is 8.45. The third-order valence-electron chi connectivity index (χ3n) is 4.61. The molecule has 25 heavy (non-hydrogen) atoms. The minimum Gasteiger partial charge on any atom is -0.495 e. The Labute approximate surface area is 155 Å². The molecule has 0 spiro atoms. The molecule has 0 radical (unpaired) electrons. The molecule has 7 heteroatoms. The zero-order valence-corrected chi connectivity index (χ0v) is 15.9. The van der Waals surface area contributed by atoms with E-state index in [1.807, 2.05) is 0 Å². The third-order valence-corrected chi connectivity index (χ3v) is 4.61. The summed E-state index contributed by atoms with van der Waals surface area (Å²) in [6.45, 7) is 4.16. The predicted octanol–water partition coefficient (Wildman–Crippen LogP) is 2.44. The molecule has 6 nitrogen and oxygen atoms in total. The molecule has 2 amide bonds. The largest absolute Gasteiger partial charge is 0.495 e. The molecule has 1 fully saturated rings. The smallest absolute Gasteiger partial charge is 0.251 e. The third kappa shape index (κ3) is 5.90.